The Morgan fingerprint density at radius 1 is 1.00 bits per heavy atom. The van der Waals surface area contributed by atoms with Crippen LogP contribution in [0, 0.1) is 6.92 Å². The van der Waals surface area contributed by atoms with Gasteiger partial charge in [-0.15, -0.1) is 0 Å². The van der Waals surface area contributed by atoms with Gasteiger partial charge in [-0.1, -0.05) is 42.1 Å². The SMILES string of the molecule is CSc1nc2ccc(NC(=O)N3CCCC3)cc2n1-c1cccc(-c2ccccc2C(=O)O)c1C. The number of carbonyl (C=O) groups excluding carboxylic acids is 1. The lowest BCUT2D eigenvalue weighted by atomic mass is 9.95. The molecule has 2 amide bonds. The summed E-state index contributed by atoms with van der Waals surface area (Å²) < 4.78 is 2.08. The van der Waals surface area contributed by atoms with Gasteiger partial charge in [0.1, 0.15) is 0 Å². The lowest BCUT2D eigenvalue weighted by Gasteiger charge is -2.17. The molecule has 0 unspecified atom stereocenters. The number of aromatic carboxylic acids is 1. The number of carboxylic acids is 1. The number of hydrogen-bond donors (Lipinski definition) is 2. The highest BCUT2D eigenvalue weighted by Gasteiger charge is 2.20. The summed E-state index contributed by atoms with van der Waals surface area (Å²) in [5, 5.41) is 13.6. The molecule has 35 heavy (non-hydrogen) atoms. The van der Waals surface area contributed by atoms with Crippen LogP contribution in [0.4, 0.5) is 10.5 Å². The van der Waals surface area contributed by atoms with E-state index >= 15 is 0 Å². The zero-order valence-electron chi connectivity index (χ0n) is 19.6. The van der Waals surface area contributed by atoms with E-state index in [2.05, 4.69) is 9.88 Å². The highest BCUT2D eigenvalue weighted by Crippen LogP contribution is 2.35. The molecule has 2 heterocycles. The number of benzene rings is 3. The Kier molecular flexibility index (Phi) is 6.21. The number of carbonyl (C=O) groups is 2. The Labute approximate surface area is 207 Å². The van der Waals surface area contributed by atoms with Gasteiger partial charge < -0.3 is 15.3 Å². The van der Waals surface area contributed by atoms with Crippen LogP contribution in [0.25, 0.3) is 27.8 Å². The first-order chi connectivity index (χ1) is 17.0. The third-order valence-corrected chi connectivity index (χ3v) is 7.08. The maximum Gasteiger partial charge on any atom is 0.336 e. The Morgan fingerprint density at radius 3 is 2.49 bits per heavy atom. The molecule has 1 saturated heterocycles. The van der Waals surface area contributed by atoms with Crippen molar-refractivity contribution in [3.63, 3.8) is 0 Å². The van der Waals surface area contributed by atoms with E-state index in [0.717, 1.165) is 58.9 Å². The quantitative estimate of drug-likeness (QED) is 0.335. The highest BCUT2D eigenvalue weighted by atomic mass is 32.2. The van der Waals surface area contributed by atoms with Gasteiger partial charge in [0.2, 0.25) is 0 Å². The Balaban J connectivity index is 1.62. The van der Waals surface area contributed by atoms with Gasteiger partial charge >= 0.3 is 12.0 Å². The van der Waals surface area contributed by atoms with Crippen LogP contribution in [-0.4, -0.2) is 50.9 Å². The maximum atomic E-state index is 12.7. The molecule has 178 valence electrons. The van der Waals surface area contributed by atoms with Gasteiger partial charge in [-0.3, -0.25) is 4.57 Å². The molecule has 4 aromatic rings. The number of nitrogens with one attached hydrogen (secondary N) is 1. The fraction of sp³-hybridized carbons (Fsp3) is 0.222. The molecule has 0 bridgehead atoms. The number of anilines is 1. The minimum absolute atomic E-state index is 0.0820. The van der Waals surface area contributed by atoms with E-state index in [0.29, 0.717) is 11.3 Å². The zero-order valence-corrected chi connectivity index (χ0v) is 20.4. The smallest absolute Gasteiger partial charge is 0.336 e. The lowest BCUT2D eigenvalue weighted by molar-refractivity contribution is 0.0697. The Bertz CT molecular complexity index is 1440. The third kappa shape index (κ3) is 4.25. The molecule has 7 nitrogen and oxygen atoms in total. The summed E-state index contributed by atoms with van der Waals surface area (Å²) in [6, 6.07) is 18.6. The van der Waals surface area contributed by atoms with E-state index in [1.54, 1.807) is 12.1 Å². The topological polar surface area (TPSA) is 87.5 Å². The van der Waals surface area contributed by atoms with E-state index in [4.69, 9.17) is 4.98 Å². The Hall–Kier alpha value is -3.78. The molecule has 2 N–H and O–H groups in total. The molecule has 0 saturated carbocycles. The van der Waals surface area contributed by atoms with Crippen molar-refractivity contribution in [3.8, 4) is 16.8 Å². The largest absolute Gasteiger partial charge is 0.478 e. The second-order valence-corrected chi connectivity index (χ2v) is 9.34. The summed E-state index contributed by atoms with van der Waals surface area (Å²) >= 11 is 1.54. The fourth-order valence-electron chi connectivity index (χ4n) is 4.69. The van der Waals surface area contributed by atoms with Crippen LogP contribution < -0.4 is 5.32 Å². The first kappa shape index (κ1) is 23.0. The number of aromatic nitrogens is 2. The molecule has 1 fully saturated rings. The van der Waals surface area contributed by atoms with Gasteiger partial charge in [0.25, 0.3) is 0 Å². The summed E-state index contributed by atoms with van der Waals surface area (Å²) in [5.74, 6) is -0.957. The van der Waals surface area contributed by atoms with Crippen molar-refractivity contribution >= 4 is 40.5 Å². The molecule has 5 rings (SSSR count). The number of urea groups is 1. The molecular weight excluding hydrogens is 460 g/mol. The summed E-state index contributed by atoms with van der Waals surface area (Å²) in [4.78, 5) is 31.1. The van der Waals surface area contributed by atoms with E-state index in [-0.39, 0.29) is 11.6 Å². The number of carboxylic acid groups (broad SMARTS) is 1. The Morgan fingerprint density at radius 2 is 1.74 bits per heavy atom. The average molecular weight is 487 g/mol. The molecular formula is C27H26N4O3S. The van der Waals surface area contributed by atoms with Gasteiger partial charge in [0.05, 0.1) is 22.3 Å². The van der Waals surface area contributed by atoms with E-state index in [1.165, 1.54) is 11.8 Å². The minimum atomic E-state index is -0.957. The van der Waals surface area contributed by atoms with Crippen LogP contribution in [0.5, 0.6) is 0 Å². The van der Waals surface area contributed by atoms with E-state index in [9.17, 15) is 14.7 Å². The fourth-order valence-corrected chi connectivity index (χ4v) is 5.25. The second kappa shape index (κ2) is 9.46. The standard InChI is InChI=1S/C27H26N4O3S/c1-17-19(20-8-3-4-9-21(20)25(32)33)10-7-11-23(17)31-24-16-18(12-13-22(24)29-27(31)35-2)28-26(34)30-14-5-6-15-30/h3-4,7-13,16H,5-6,14-15H2,1-2H3,(H,28,34)(H,32,33). The normalized spacial score (nSPS) is 13.4. The molecule has 0 radical (unpaired) electrons. The number of imidazole rings is 1. The predicted octanol–water partition coefficient (Wildman–Crippen LogP) is 6.05. The first-order valence-corrected chi connectivity index (χ1v) is 12.8. The molecule has 0 atom stereocenters. The van der Waals surface area contributed by atoms with Gasteiger partial charge in [-0.05, 0) is 73.0 Å². The van der Waals surface area contributed by atoms with Crippen molar-refractivity contribution < 1.29 is 14.7 Å². The van der Waals surface area contributed by atoms with Crippen LogP contribution in [0.1, 0.15) is 28.8 Å². The molecule has 0 spiro atoms. The summed E-state index contributed by atoms with van der Waals surface area (Å²) in [6.07, 6.45) is 4.06. The summed E-state index contributed by atoms with van der Waals surface area (Å²) in [5.41, 5.74) is 6.07. The van der Waals surface area contributed by atoms with Crippen molar-refractivity contribution in [2.24, 2.45) is 0 Å². The zero-order chi connectivity index (χ0) is 24.5. The van der Waals surface area contributed by atoms with Crippen LogP contribution in [0.3, 0.4) is 0 Å². The number of likely N-dealkylation sites (tertiary alicyclic amines) is 1. The monoisotopic (exact) mass is 486 g/mol. The molecule has 1 aliphatic rings. The van der Waals surface area contributed by atoms with Crippen molar-refractivity contribution in [3.05, 3.63) is 71.8 Å². The van der Waals surface area contributed by atoms with Crippen molar-refractivity contribution in [1.82, 2.24) is 14.5 Å². The van der Waals surface area contributed by atoms with Crippen molar-refractivity contribution in [2.75, 3.05) is 24.7 Å². The van der Waals surface area contributed by atoms with Gasteiger partial charge in [0.15, 0.2) is 5.16 Å². The predicted molar refractivity (Wildman–Crippen MR) is 140 cm³/mol. The minimum Gasteiger partial charge on any atom is -0.478 e. The van der Waals surface area contributed by atoms with Crippen LogP contribution >= 0.6 is 11.8 Å². The first-order valence-electron chi connectivity index (χ1n) is 11.5. The van der Waals surface area contributed by atoms with Crippen molar-refractivity contribution in [2.45, 2.75) is 24.9 Å². The van der Waals surface area contributed by atoms with Crippen molar-refractivity contribution in [1.29, 1.82) is 0 Å². The van der Waals surface area contributed by atoms with Crippen LogP contribution in [-0.2, 0) is 0 Å². The van der Waals surface area contributed by atoms with E-state index < -0.39 is 5.97 Å². The summed E-state index contributed by atoms with van der Waals surface area (Å²) in [6.45, 7) is 3.57. The number of rotatable bonds is 5. The third-order valence-electron chi connectivity index (χ3n) is 6.44. The number of fused-ring (bicyclic) bond motifs is 1. The van der Waals surface area contributed by atoms with Gasteiger partial charge in [-0.2, -0.15) is 0 Å². The molecule has 1 aliphatic heterocycles. The highest BCUT2D eigenvalue weighted by molar-refractivity contribution is 7.98. The molecule has 1 aromatic heterocycles. The van der Waals surface area contributed by atoms with Crippen LogP contribution in [0.15, 0.2) is 65.8 Å². The summed E-state index contributed by atoms with van der Waals surface area (Å²) in [7, 11) is 0. The van der Waals surface area contributed by atoms with E-state index in [1.807, 2.05) is 66.6 Å². The van der Waals surface area contributed by atoms with Gasteiger partial charge in [-0.25, -0.2) is 14.6 Å². The number of amides is 2. The van der Waals surface area contributed by atoms with Crippen LogP contribution in [0.2, 0.25) is 0 Å². The maximum absolute atomic E-state index is 12.7. The van der Waals surface area contributed by atoms with Gasteiger partial charge in [0, 0.05) is 18.8 Å². The second-order valence-electron chi connectivity index (χ2n) is 8.56. The number of hydrogen-bond acceptors (Lipinski definition) is 4. The lowest BCUT2D eigenvalue weighted by Crippen LogP contribution is -2.32. The average Bonchev–Trinajstić information content (AvgIpc) is 3.52. The molecule has 3 aromatic carbocycles. The molecule has 8 heteroatoms. The number of nitrogens with zero attached hydrogens (tertiary/aromatic N) is 3. The molecule has 0 aliphatic carbocycles. The number of thioether (sulfide) groups is 1.